The summed E-state index contributed by atoms with van der Waals surface area (Å²) in [7, 11) is 0. The molecule has 2 rings (SSSR count). The van der Waals surface area contributed by atoms with Crippen molar-refractivity contribution in [3.8, 4) is 0 Å². The van der Waals surface area contributed by atoms with Crippen molar-refractivity contribution in [3.63, 3.8) is 0 Å². The number of nitrogens with one attached hydrogen (secondary N) is 1. The highest BCUT2D eigenvalue weighted by atomic mass is 16.3. The highest BCUT2D eigenvalue weighted by Crippen LogP contribution is 2.03. The second kappa shape index (κ2) is 4.93. The van der Waals surface area contributed by atoms with Gasteiger partial charge >= 0.3 is 0 Å². The van der Waals surface area contributed by atoms with Gasteiger partial charge in [0.2, 0.25) is 5.91 Å². The van der Waals surface area contributed by atoms with Gasteiger partial charge in [-0.2, -0.15) is 0 Å². The van der Waals surface area contributed by atoms with Crippen LogP contribution in [0, 0.1) is 0 Å². The fourth-order valence-electron chi connectivity index (χ4n) is 1.67. The standard InChI is InChI=1S/C10H15N3O2/c14-10(13-5-3-11-4-6-13)2-1-9-7-15-8-12-9/h7-8,11H,1-6H2. The molecule has 5 heteroatoms. The molecule has 82 valence electrons. The summed E-state index contributed by atoms with van der Waals surface area (Å²) in [5, 5.41) is 3.22. The predicted molar refractivity (Wildman–Crippen MR) is 54.3 cm³/mol. The van der Waals surface area contributed by atoms with Gasteiger partial charge in [-0.25, -0.2) is 4.98 Å². The van der Waals surface area contributed by atoms with Crippen LogP contribution in [-0.2, 0) is 11.2 Å². The molecule has 15 heavy (non-hydrogen) atoms. The van der Waals surface area contributed by atoms with Crippen molar-refractivity contribution >= 4 is 5.91 Å². The zero-order chi connectivity index (χ0) is 10.5. The molecule has 1 aromatic rings. The van der Waals surface area contributed by atoms with Gasteiger partial charge in [-0.3, -0.25) is 4.79 Å². The summed E-state index contributed by atoms with van der Waals surface area (Å²) >= 11 is 0. The van der Waals surface area contributed by atoms with Gasteiger partial charge in [0.05, 0.1) is 5.69 Å². The van der Waals surface area contributed by atoms with Gasteiger partial charge < -0.3 is 14.6 Å². The highest BCUT2D eigenvalue weighted by molar-refractivity contribution is 5.76. The predicted octanol–water partition coefficient (Wildman–Crippen LogP) is 0.0390. The molecule has 0 atom stereocenters. The number of rotatable bonds is 3. The first-order valence-electron chi connectivity index (χ1n) is 5.22. The van der Waals surface area contributed by atoms with Crippen LogP contribution in [0.2, 0.25) is 0 Å². The number of nitrogens with zero attached hydrogens (tertiary/aromatic N) is 2. The Morgan fingerprint density at radius 2 is 2.33 bits per heavy atom. The molecule has 1 fully saturated rings. The van der Waals surface area contributed by atoms with Crippen LogP contribution in [0.5, 0.6) is 0 Å². The number of aryl methyl sites for hydroxylation is 1. The molecular weight excluding hydrogens is 194 g/mol. The number of carbonyl (C=O) groups excluding carboxylic acids is 1. The molecule has 0 radical (unpaired) electrons. The maximum atomic E-state index is 11.7. The molecule has 0 saturated carbocycles. The van der Waals surface area contributed by atoms with Crippen LogP contribution in [0.3, 0.4) is 0 Å². The monoisotopic (exact) mass is 209 g/mol. The van der Waals surface area contributed by atoms with Gasteiger partial charge in [0, 0.05) is 39.0 Å². The lowest BCUT2D eigenvalue weighted by molar-refractivity contribution is -0.131. The first kappa shape index (κ1) is 10.2. The minimum Gasteiger partial charge on any atom is -0.451 e. The molecule has 0 unspecified atom stereocenters. The summed E-state index contributed by atoms with van der Waals surface area (Å²) in [5.74, 6) is 0.208. The molecule has 0 spiro atoms. The van der Waals surface area contributed by atoms with Crippen LogP contribution in [0.1, 0.15) is 12.1 Å². The SMILES string of the molecule is O=C(CCc1cocn1)N1CCNCC1. The molecule has 1 saturated heterocycles. The molecule has 0 bridgehead atoms. The van der Waals surface area contributed by atoms with Gasteiger partial charge in [0.15, 0.2) is 6.39 Å². The lowest BCUT2D eigenvalue weighted by Crippen LogP contribution is -2.46. The Labute approximate surface area is 88.5 Å². The maximum Gasteiger partial charge on any atom is 0.223 e. The van der Waals surface area contributed by atoms with Gasteiger partial charge in [-0.15, -0.1) is 0 Å². The molecule has 1 aliphatic rings. The normalized spacial score (nSPS) is 16.7. The van der Waals surface area contributed by atoms with Crippen molar-refractivity contribution in [3.05, 3.63) is 18.4 Å². The zero-order valence-corrected chi connectivity index (χ0v) is 8.61. The third-order valence-electron chi connectivity index (χ3n) is 2.55. The maximum absolute atomic E-state index is 11.7. The van der Waals surface area contributed by atoms with Crippen LogP contribution >= 0.6 is 0 Å². The van der Waals surface area contributed by atoms with Gasteiger partial charge in [-0.1, -0.05) is 0 Å². The first-order valence-corrected chi connectivity index (χ1v) is 5.22. The van der Waals surface area contributed by atoms with E-state index in [2.05, 4.69) is 10.3 Å². The van der Waals surface area contributed by atoms with E-state index in [1.165, 1.54) is 6.39 Å². The Bertz CT molecular complexity index is 304. The van der Waals surface area contributed by atoms with Crippen molar-refractivity contribution in [1.82, 2.24) is 15.2 Å². The van der Waals surface area contributed by atoms with Crippen LogP contribution in [-0.4, -0.2) is 42.0 Å². The summed E-state index contributed by atoms with van der Waals surface area (Å²) < 4.78 is 4.85. The van der Waals surface area contributed by atoms with Crippen molar-refractivity contribution in [2.75, 3.05) is 26.2 Å². The lowest BCUT2D eigenvalue weighted by Gasteiger charge is -2.27. The number of piperazine rings is 1. The number of carbonyl (C=O) groups is 1. The number of oxazole rings is 1. The fourth-order valence-corrected chi connectivity index (χ4v) is 1.67. The molecule has 5 nitrogen and oxygen atoms in total. The van der Waals surface area contributed by atoms with E-state index in [1.54, 1.807) is 6.26 Å². The van der Waals surface area contributed by atoms with Crippen LogP contribution < -0.4 is 5.32 Å². The van der Waals surface area contributed by atoms with Crippen LogP contribution in [0.4, 0.5) is 0 Å². The number of amides is 1. The van der Waals surface area contributed by atoms with E-state index in [4.69, 9.17) is 4.42 Å². The molecule has 2 heterocycles. The largest absolute Gasteiger partial charge is 0.451 e. The average Bonchev–Trinajstić information content (AvgIpc) is 2.80. The van der Waals surface area contributed by atoms with E-state index in [9.17, 15) is 4.79 Å². The fraction of sp³-hybridized carbons (Fsp3) is 0.600. The first-order chi connectivity index (χ1) is 7.36. The van der Waals surface area contributed by atoms with Crippen molar-refractivity contribution in [1.29, 1.82) is 0 Å². The summed E-state index contributed by atoms with van der Waals surface area (Å²) in [6.07, 6.45) is 4.17. The Hall–Kier alpha value is -1.36. The van der Waals surface area contributed by atoms with E-state index >= 15 is 0 Å². The lowest BCUT2D eigenvalue weighted by atomic mass is 10.2. The molecule has 0 aromatic carbocycles. The van der Waals surface area contributed by atoms with E-state index in [0.717, 1.165) is 31.9 Å². The molecule has 0 aliphatic carbocycles. The third kappa shape index (κ3) is 2.79. The Kier molecular flexibility index (Phi) is 3.34. The zero-order valence-electron chi connectivity index (χ0n) is 8.61. The highest BCUT2D eigenvalue weighted by Gasteiger charge is 2.15. The topological polar surface area (TPSA) is 58.4 Å². The number of aromatic nitrogens is 1. The molecule has 1 aromatic heterocycles. The number of hydrogen-bond acceptors (Lipinski definition) is 4. The minimum absolute atomic E-state index is 0.208. The van der Waals surface area contributed by atoms with Crippen molar-refractivity contribution < 1.29 is 9.21 Å². The average molecular weight is 209 g/mol. The summed E-state index contributed by atoms with van der Waals surface area (Å²) in [5.41, 5.74) is 0.846. The summed E-state index contributed by atoms with van der Waals surface area (Å²) in [6, 6.07) is 0. The summed E-state index contributed by atoms with van der Waals surface area (Å²) in [6.45, 7) is 3.43. The molecule has 1 N–H and O–H groups in total. The van der Waals surface area contributed by atoms with Crippen molar-refractivity contribution in [2.24, 2.45) is 0 Å². The molecular formula is C10H15N3O2. The second-order valence-electron chi connectivity index (χ2n) is 3.61. The van der Waals surface area contributed by atoms with E-state index in [1.807, 2.05) is 4.90 Å². The smallest absolute Gasteiger partial charge is 0.223 e. The Balaban J connectivity index is 1.76. The van der Waals surface area contributed by atoms with E-state index in [-0.39, 0.29) is 5.91 Å². The third-order valence-corrected chi connectivity index (χ3v) is 2.55. The Morgan fingerprint density at radius 3 is 3.00 bits per heavy atom. The second-order valence-corrected chi connectivity index (χ2v) is 3.61. The van der Waals surface area contributed by atoms with Crippen LogP contribution in [0.25, 0.3) is 0 Å². The quantitative estimate of drug-likeness (QED) is 0.763. The molecule has 1 amide bonds. The van der Waals surface area contributed by atoms with Gasteiger partial charge in [-0.05, 0) is 0 Å². The Morgan fingerprint density at radius 1 is 1.53 bits per heavy atom. The summed E-state index contributed by atoms with van der Waals surface area (Å²) in [4.78, 5) is 17.6. The minimum atomic E-state index is 0.208. The van der Waals surface area contributed by atoms with Gasteiger partial charge in [0.25, 0.3) is 0 Å². The molecule has 1 aliphatic heterocycles. The van der Waals surface area contributed by atoms with Crippen LogP contribution in [0.15, 0.2) is 17.1 Å². The van der Waals surface area contributed by atoms with E-state index < -0.39 is 0 Å². The number of hydrogen-bond donors (Lipinski definition) is 1. The van der Waals surface area contributed by atoms with E-state index in [0.29, 0.717) is 12.8 Å². The van der Waals surface area contributed by atoms with Gasteiger partial charge in [0.1, 0.15) is 6.26 Å². The van der Waals surface area contributed by atoms with Crippen molar-refractivity contribution in [2.45, 2.75) is 12.8 Å².